The van der Waals surface area contributed by atoms with Gasteiger partial charge in [0.2, 0.25) is 0 Å². The first-order chi connectivity index (χ1) is 14.7. The second-order valence-electron chi connectivity index (χ2n) is 8.36. The van der Waals surface area contributed by atoms with Crippen LogP contribution in [-0.4, -0.2) is 99.9 Å². The fourth-order valence-corrected chi connectivity index (χ4v) is 4.03. The maximum atomic E-state index is 5.83. The van der Waals surface area contributed by atoms with E-state index in [1.165, 1.54) is 12.0 Å². The van der Waals surface area contributed by atoms with Crippen LogP contribution >= 0.6 is 24.0 Å². The van der Waals surface area contributed by atoms with E-state index in [2.05, 4.69) is 65.3 Å². The van der Waals surface area contributed by atoms with Gasteiger partial charge in [0.1, 0.15) is 5.75 Å². The Balaban J connectivity index is 0.00000341. The number of halogens is 1. The van der Waals surface area contributed by atoms with Gasteiger partial charge in [0.25, 0.3) is 0 Å². The average molecular weight is 546 g/mol. The molecule has 0 bridgehead atoms. The Morgan fingerprint density at radius 3 is 2.61 bits per heavy atom. The molecule has 1 N–H and O–H groups in total. The minimum absolute atomic E-state index is 0. The largest absolute Gasteiger partial charge is 0.494 e. The lowest BCUT2D eigenvalue weighted by molar-refractivity contribution is 0.0195. The minimum Gasteiger partial charge on any atom is -0.494 e. The average Bonchev–Trinajstić information content (AvgIpc) is 3.26. The van der Waals surface area contributed by atoms with E-state index < -0.39 is 0 Å². The fourth-order valence-electron chi connectivity index (χ4n) is 4.03. The number of hydrogen-bond donors (Lipinski definition) is 1. The standard InChI is InChI=1S/C23H39N5O2.HI/c1-4-24-23(28-12-10-21(19-28)27-13-16-29-17-14-27)25-18-20-6-8-22(9-7-20)30-15-5-11-26(2)3;/h6-9,21H,4-5,10-19H2,1-3H3,(H,24,25);1H. The number of benzene rings is 1. The highest BCUT2D eigenvalue weighted by molar-refractivity contribution is 14.0. The van der Waals surface area contributed by atoms with Crippen LogP contribution in [0.25, 0.3) is 0 Å². The van der Waals surface area contributed by atoms with E-state index in [9.17, 15) is 0 Å². The molecule has 0 aromatic heterocycles. The van der Waals surface area contributed by atoms with Crippen molar-refractivity contribution in [1.29, 1.82) is 0 Å². The van der Waals surface area contributed by atoms with Crippen molar-refractivity contribution in [1.82, 2.24) is 20.0 Å². The molecule has 176 valence electrons. The van der Waals surface area contributed by atoms with Gasteiger partial charge in [-0.3, -0.25) is 4.90 Å². The Bertz CT molecular complexity index is 650. The van der Waals surface area contributed by atoms with Gasteiger partial charge in [-0.05, 0) is 51.6 Å². The Hall–Kier alpha value is -1.10. The predicted molar refractivity (Wildman–Crippen MR) is 138 cm³/mol. The van der Waals surface area contributed by atoms with Crippen LogP contribution in [0.1, 0.15) is 25.3 Å². The number of ether oxygens (including phenoxy) is 2. The highest BCUT2D eigenvalue weighted by Gasteiger charge is 2.30. The normalized spacial score (nSPS) is 20.1. The topological polar surface area (TPSA) is 52.6 Å². The lowest BCUT2D eigenvalue weighted by Gasteiger charge is -2.32. The maximum absolute atomic E-state index is 5.83. The van der Waals surface area contributed by atoms with E-state index in [4.69, 9.17) is 14.5 Å². The van der Waals surface area contributed by atoms with Crippen molar-refractivity contribution >= 4 is 29.9 Å². The molecule has 1 aromatic rings. The number of aliphatic imine (C=N–C) groups is 1. The van der Waals surface area contributed by atoms with Gasteiger partial charge < -0.3 is 24.6 Å². The SMILES string of the molecule is CCNC(=NCc1ccc(OCCCN(C)C)cc1)N1CCC(N2CCOCC2)C1.I. The zero-order valence-electron chi connectivity index (χ0n) is 19.4. The summed E-state index contributed by atoms with van der Waals surface area (Å²) in [5, 5.41) is 3.48. The Kier molecular flexibility index (Phi) is 11.9. The minimum atomic E-state index is 0. The van der Waals surface area contributed by atoms with Gasteiger partial charge in [0, 0.05) is 45.3 Å². The van der Waals surface area contributed by atoms with E-state index in [0.29, 0.717) is 12.6 Å². The van der Waals surface area contributed by atoms with Crippen LogP contribution in [0.15, 0.2) is 29.3 Å². The summed E-state index contributed by atoms with van der Waals surface area (Å²) in [4.78, 5) is 12.1. The van der Waals surface area contributed by atoms with Crippen molar-refractivity contribution < 1.29 is 9.47 Å². The smallest absolute Gasteiger partial charge is 0.194 e. The lowest BCUT2D eigenvalue weighted by atomic mass is 10.2. The molecule has 7 nitrogen and oxygen atoms in total. The van der Waals surface area contributed by atoms with Crippen LogP contribution in [0.3, 0.4) is 0 Å². The Labute approximate surface area is 205 Å². The van der Waals surface area contributed by atoms with Crippen LogP contribution in [-0.2, 0) is 11.3 Å². The second-order valence-corrected chi connectivity index (χ2v) is 8.36. The van der Waals surface area contributed by atoms with Crippen molar-refractivity contribution in [3.05, 3.63) is 29.8 Å². The third-order valence-corrected chi connectivity index (χ3v) is 5.71. The molecule has 0 radical (unpaired) electrons. The molecule has 0 aliphatic carbocycles. The second kappa shape index (κ2) is 14.1. The number of likely N-dealkylation sites (tertiary alicyclic amines) is 1. The zero-order valence-corrected chi connectivity index (χ0v) is 21.7. The Morgan fingerprint density at radius 1 is 1.19 bits per heavy atom. The molecule has 1 atom stereocenters. The van der Waals surface area contributed by atoms with Crippen LogP contribution in [0, 0.1) is 0 Å². The number of nitrogens with one attached hydrogen (secondary N) is 1. The van der Waals surface area contributed by atoms with E-state index in [1.54, 1.807) is 0 Å². The molecule has 2 aliphatic heterocycles. The summed E-state index contributed by atoms with van der Waals surface area (Å²) >= 11 is 0. The van der Waals surface area contributed by atoms with Crippen LogP contribution < -0.4 is 10.1 Å². The van der Waals surface area contributed by atoms with Gasteiger partial charge in [-0.1, -0.05) is 12.1 Å². The molecule has 0 saturated carbocycles. The summed E-state index contributed by atoms with van der Waals surface area (Å²) in [6.45, 7) is 11.4. The summed E-state index contributed by atoms with van der Waals surface area (Å²) in [5.74, 6) is 1.96. The summed E-state index contributed by atoms with van der Waals surface area (Å²) in [6, 6.07) is 8.96. The molecule has 2 heterocycles. The summed E-state index contributed by atoms with van der Waals surface area (Å²) in [7, 11) is 4.17. The molecule has 0 spiro atoms. The number of guanidine groups is 1. The molecule has 2 aliphatic rings. The molecule has 1 aromatic carbocycles. The van der Waals surface area contributed by atoms with Gasteiger partial charge in [0.15, 0.2) is 5.96 Å². The van der Waals surface area contributed by atoms with Crippen molar-refractivity contribution in [3.63, 3.8) is 0 Å². The quantitative estimate of drug-likeness (QED) is 0.223. The van der Waals surface area contributed by atoms with Gasteiger partial charge in [-0.25, -0.2) is 4.99 Å². The third kappa shape index (κ3) is 8.75. The van der Waals surface area contributed by atoms with Crippen molar-refractivity contribution in [2.45, 2.75) is 32.4 Å². The summed E-state index contributed by atoms with van der Waals surface area (Å²) in [6.07, 6.45) is 2.23. The van der Waals surface area contributed by atoms with E-state index in [-0.39, 0.29) is 24.0 Å². The monoisotopic (exact) mass is 545 g/mol. The van der Waals surface area contributed by atoms with Crippen molar-refractivity contribution in [3.8, 4) is 5.75 Å². The van der Waals surface area contributed by atoms with Crippen molar-refractivity contribution in [2.24, 2.45) is 4.99 Å². The highest BCUT2D eigenvalue weighted by atomic mass is 127. The van der Waals surface area contributed by atoms with Crippen LogP contribution in [0.4, 0.5) is 0 Å². The predicted octanol–water partition coefficient (Wildman–Crippen LogP) is 2.51. The molecule has 3 rings (SSSR count). The summed E-state index contributed by atoms with van der Waals surface area (Å²) < 4.78 is 11.3. The molecule has 31 heavy (non-hydrogen) atoms. The molecule has 8 heteroatoms. The number of hydrogen-bond acceptors (Lipinski definition) is 5. The number of nitrogens with zero attached hydrogens (tertiary/aromatic N) is 4. The molecule has 2 fully saturated rings. The Morgan fingerprint density at radius 2 is 1.94 bits per heavy atom. The first-order valence-electron chi connectivity index (χ1n) is 11.4. The lowest BCUT2D eigenvalue weighted by Crippen LogP contribution is -2.46. The van der Waals surface area contributed by atoms with Crippen LogP contribution in [0.5, 0.6) is 5.75 Å². The zero-order chi connectivity index (χ0) is 21.2. The first kappa shape index (κ1) is 26.2. The highest BCUT2D eigenvalue weighted by Crippen LogP contribution is 2.18. The molecule has 2 saturated heterocycles. The van der Waals surface area contributed by atoms with Gasteiger partial charge in [0.05, 0.1) is 26.4 Å². The van der Waals surface area contributed by atoms with E-state index >= 15 is 0 Å². The molecular weight excluding hydrogens is 505 g/mol. The molecular formula is C23H40IN5O2. The number of morpholine rings is 1. The van der Waals surface area contributed by atoms with E-state index in [0.717, 1.165) is 77.2 Å². The maximum Gasteiger partial charge on any atom is 0.194 e. The first-order valence-corrected chi connectivity index (χ1v) is 11.4. The third-order valence-electron chi connectivity index (χ3n) is 5.71. The van der Waals surface area contributed by atoms with Gasteiger partial charge >= 0.3 is 0 Å². The van der Waals surface area contributed by atoms with Gasteiger partial charge in [-0.2, -0.15) is 0 Å². The molecule has 1 unspecified atom stereocenters. The van der Waals surface area contributed by atoms with Gasteiger partial charge in [-0.15, -0.1) is 24.0 Å². The van der Waals surface area contributed by atoms with Crippen LogP contribution in [0.2, 0.25) is 0 Å². The summed E-state index contributed by atoms with van der Waals surface area (Å²) in [5.41, 5.74) is 1.20. The van der Waals surface area contributed by atoms with E-state index in [1.807, 2.05) is 0 Å². The van der Waals surface area contributed by atoms with Crippen molar-refractivity contribution in [2.75, 3.05) is 73.2 Å². The number of rotatable bonds is 9. The molecule has 0 amide bonds. The fraction of sp³-hybridized carbons (Fsp3) is 0.696.